The Labute approximate surface area is 162 Å². The molecule has 0 aliphatic carbocycles. The molecule has 5 rings (SSSR count). The van der Waals surface area contributed by atoms with Gasteiger partial charge in [0.1, 0.15) is 11.2 Å². The molecular weight excluding hydrogens is 352 g/mol. The van der Waals surface area contributed by atoms with Gasteiger partial charge < -0.3 is 19.0 Å². The van der Waals surface area contributed by atoms with E-state index in [0.29, 0.717) is 22.9 Å². The fourth-order valence-corrected chi connectivity index (χ4v) is 3.93. The number of nitrogens with one attached hydrogen (secondary N) is 1. The van der Waals surface area contributed by atoms with Crippen LogP contribution in [0.25, 0.3) is 27.9 Å². The Hall–Kier alpha value is -3.12. The molecule has 0 amide bonds. The summed E-state index contributed by atoms with van der Waals surface area (Å²) in [6, 6.07) is 12.4. The van der Waals surface area contributed by atoms with E-state index in [1.807, 2.05) is 54.0 Å². The average Bonchev–Trinajstić information content (AvgIpc) is 3.12. The van der Waals surface area contributed by atoms with Gasteiger partial charge in [0.15, 0.2) is 0 Å². The predicted octanol–water partition coefficient (Wildman–Crippen LogP) is 3.21. The van der Waals surface area contributed by atoms with E-state index < -0.39 is 0 Å². The van der Waals surface area contributed by atoms with E-state index in [-0.39, 0.29) is 5.63 Å². The average molecular weight is 374 g/mol. The molecule has 1 atom stereocenters. The van der Waals surface area contributed by atoms with Gasteiger partial charge in [0, 0.05) is 55.2 Å². The maximum absolute atomic E-state index is 12.7. The number of pyridine rings is 1. The summed E-state index contributed by atoms with van der Waals surface area (Å²) in [7, 11) is 0. The van der Waals surface area contributed by atoms with E-state index >= 15 is 0 Å². The Morgan fingerprint density at radius 2 is 2.14 bits per heavy atom. The standard InChI is InChI=1S/C22H22N4O2/c1-14-4-3-8-26-13-19(24-21(14)26)18-10-16-5-6-17(11-20(16)28-22(18)27)25-9-7-23-15(2)12-25/h3-6,8,10-11,13,15,23H,7,9,12H2,1-2H3. The number of rotatable bonds is 2. The number of aromatic nitrogens is 2. The highest BCUT2D eigenvalue weighted by molar-refractivity contribution is 5.84. The van der Waals surface area contributed by atoms with Crippen molar-refractivity contribution in [3.63, 3.8) is 0 Å². The van der Waals surface area contributed by atoms with E-state index in [9.17, 15) is 4.79 Å². The second-order valence-electron chi connectivity index (χ2n) is 7.52. The van der Waals surface area contributed by atoms with E-state index in [1.54, 1.807) is 0 Å². The number of hydrogen-bond donors (Lipinski definition) is 1. The monoisotopic (exact) mass is 374 g/mol. The van der Waals surface area contributed by atoms with Gasteiger partial charge >= 0.3 is 5.63 Å². The number of nitrogens with zero attached hydrogens (tertiary/aromatic N) is 3. The van der Waals surface area contributed by atoms with Gasteiger partial charge in [-0.3, -0.25) is 0 Å². The number of imidazole rings is 1. The van der Waals surface area contributed by atoms with Crippen LogP contribution in [-0.4, -0.2) is 35.1 Å². The van der Waals surface area contributed by atoms with Gasteiger partial charge in [-0.15, -0.1) is 0 Å². The molecule has 1 N–H and O–H groups in total. The third kappa shape index (κ3) is 2.86. The van der Waals surface area contributed by atoms with Crippen LogP contribution in [0, 0.1) is 6.92 Å². The minimum Gasteiger partial charge on any atom is -0.422 e. The molecule has 142 valence electrons. The fourth-order valence-electron chi connectivity index (χ4n) is 3.93. The molecule has 0 saturated carbocycles. The number of hydrogen-bond acceptors (Lipinski definition) is 5. The Morgan fingerprint density at radius 3 is 2.96 bits per heavy atom. The zero-order valence-corrected chi connectivity index (χ0v) is 16.0. The van der Waals surface area contributed by atoms with Crippen molar-refractivity contribution in [2.24, 2.45) is 0 Å². The molecule has 1 aliphatic heterocycles. The van der Waals surface area contributed by atoms with Crippen LogP contribution in [0.2, 0.25) is 0 Å². The van der Waals surface area contributed by atoms with E-state index in [2.05, 4.69) is 28.2 Å². The van der Waals surface area contributed by atoms with Crippen molar-refractivity contribution in [2.75, 3.05) is 24.5 Å². The van der Waals surface area contributed by atoms with Crippen molar-refractivity contribution in [2.45, 2.75) is 19.9 Å². The zero-order chi connectivity index (χ0) is 19.3. The molecule has 1 saturated heterocycles. The van der Waals surface area contributed by atoms with E-state index in [4.69, 9.17) is 4.42 Å². The molecule has 6 heteroatoms. The molecule has 1 aliphatic rings. The number of piperazine rings is 1. The first-order valence-corrected chi connectivity index (χ1v) is 9.59. The second kappa shape index (κ2) is 6.49. The minimum atomic E-state index is -0.362. The molecule has 0 radical (unpaired) electrons. The molecule has 0 bridgehead atoms. The third-order valence-electron chi connectivity index (χ3n) is 5.41. The molecular formula is C22H22N4O2. The van der Waals surface area contributed by atoms with Crippen LogP contribution >= 0.6 is 0 Å². The van der Waals surface area contributed by atoms with Crippen LogP contribution in [-0.2, 0) is 0 Å². The second-order valence-corrected chi connectivity index (χ2v) is 7.52. The highest BCUT2D eigenvalue weighted by atomic mass is 16.4. The first kappa shape index (κ1) is 17.0. The lowest BCUT2D eigenvalue weighted by Gasteiger charge is -2.33. The van der Waals surface area contributed by atoms with Gasteiger partial charge in [0.25, 0.3) is 0 Å². The van der Waals surface area contributed by atoms with Crippen molar-refractivity contribution in [1.82, 2.24) is 14.7 Å². The van der Waals surface area contributed by atoms with Gasteiger partial charge in [0.2, 0.25) is 0 Å². The number of fused-ring (bicyclic) bond motifs is 2. The molecule has 1 unspecified atom stereocenters. The Kier molecular flexibility index (Phi) is 3.94. The van der Waals surface area contributed by atoms with Gasteiger partial charge in [-0.25, -0.2) is 9.78 Å². The number of benzene rings is 1. The van der Waals surface area contributed by atoms with E-state index in [1.165, 1.54) is 0 Å². The first-order valence-electron chi connectivity index (χ1n) is 9.59. The summed E-state index contributed by atoms with van der Waals surface area (Å²) in [4.78, 5) is 19.7. The van der Waals surface area contributed by atoms with Crippen LogP contribution in [0.15, 0.2) is 58.0 Å². The molecule has 1 aromatic carbocycles. The van der Waals surface area contributed by atoms with Crippen LogP contribution in [0.3, 0.4) is 0 Å². The minimum absolute atomic E-state index is 0.362. The zero-order valence-electron chi connectivity index (χ0n) is 16.0. The highest BCUT2D eigenvalue weighted by Gasteiger charge is 2.17. The largest absolute Gasteiger partial charge is 0.422 e. The molecule has 28 heavy (non-hydrogen) atoms. The SMILES string of the molecule is Cc1cccn2cc(-c3cc4ccc(N5CCNC(C)C5)cc4oc3=O)nc12. The Bertz CT molecular complexity index is 1240. The summed E-state index contributed by atoms with van der Waals surface area (Å²) in [5, 5.41) is 4.34. The maximum atomic E-state index is 12.7. The molecule has 6 nitrogen and oxygen atoms in total. The number of aryl methyl sites for hydroxylation is 1. The summed E-state index contributed by atoms with van der Waals surface area (Å²) >= 11 is 0. The van der Waals surface area contributed by atoms with Crippen molar-refractivity contribution in [1.29, 1.82) is 0 Å². The lowest BCUT2D eigenvalue weighted by Crippen LogP contribution is -2.49. The normalized spacial score (nSPS) is 17.5. The van der Waals surface area contributed by atoms with Crippen LogP contribution in [0.4, 0.5) is 5.69 Å². The van der Waals surface area contributed by atoms with Gasteiger partial charge in [0.05, 0.1) is 11.3 Å². The summed E-state index contributed by atoms with van der Waals surface area (Å²) in [5.41, 5.74) is 4.36. The maximum Gasteiger partial charge on any atom is 0.345 e. The highest BCUT2D eigenvalue weighted by Crippen LogP contribution is 2.26. The van der Waals surface area contributed by atoms with Crippen molar-refractivity contribution in [3.05, 3.63) is 64.8 Å². The fraction of sp³-hybridized carbons (Fsp3) is 0.273. The van der Waals surface area contributed by atoms with Gasteiger partial charge in [-0.05, 0) is 43.7 Å². The summed E-state index contributed by atoms with van der Waals surface area (Å²) in [5.74, 6) is 0. The van der Waals surface area contributed by atoms with Crippen LogP contribution < -0.4 is 15.8 Å². The summed E-state index contributed by atoms with van der Waals surface area (Å²) in [6.07, 6.45) is 3.80. The Morgan fingerprint density at radius 1 is 1.25 bits per heavy atom. The number of anilines is 1. The molecule has 0 spiro atoms. The third-order valence-corrected chi connectivity index (χ3v) is 5.41. The Balaban J connectivity index is 1.57. The lowest BCUT2D eigenvalue weighted by atomic mass is 10.1. The van der Waals surface area contributed by atoms with Crippen molar-refractivity contribution < 1.29 is 4.42 Å². The van der Waals surface area contributed by atoms with Crippen LogP contribution in [0.5, 0.6) is 0 Å². The molecule has 1 fully saturated rings. The molecule has 4 aromatic rings. The molecule has 4 heterocycles. The first-order chi connectivity index (χ1) is 13.6. The van der Waals surface area contributed by atoms with E-state index in [0.717, 1.165) is 41.9 Å². The predicted molar refractivity (Wildman–Crippen MR) is 111 cm³/mol. The van der Waals surface area contributed by atoms with Crippen molar-refractivity contribution >= 4 is 22.3 Å². The van der Waals surface area contributed by atoms with Crippen molar-refractivity contribution in [3.8, 4) is 11.3 Å². The summed E-state index contributed by atoms with van der Waals surface area (Å²) < 4.78 is 7.62. The quantitative estimate of drug-likeness (QED) is 0.546. The topological polar surface area (TPSA) is 62.8 Å². The summed E-state index contributed by atoms with van der Waals surface area (Å²) in [6.45, 7) is 7.02. The van der Waals surface area contributed by atoms with Crippen LogP contribution in [0.1, 0.15) is 12.5 Å². The smallest absolute Gasteiger partial charge is 0.345 e. The lowest BCUT2D eigenvalue weighted by molar-refractivity contribution is 0.484. The van der Waals surface area contributed by atoms with Gasteiger partial charge in [-0.2, -0.15) is 0 Å². The van der Waals surface area contributed by atoms with Gasteiger partial charge in [-0.1, -0.05) is 6.07 Å². The molecule has 3 aromatic heterocycles.